The average Bonchev–Trinajstić information content (AvgIpc) is 2.36. The Hall–Kier alpha value is -1.82. The topological polar surface area (TPSA) is 73.6 Å². The molecule has 0 saturated carbocycles. The third-order valence-electron chi connectivity index (χ3n) is 2.59. The number of hydrogen-bond acceptors (Lipinski definition) is 5. The summed E-state index contributed by atoms with van der Waals surface area (Å²) in [6.07, 6.45) is 0.788. The predicted octanol–water partition coefficient (Wildman–Crippen LogP) is 3.15. The van der Waals surface area contributed by atoms with E-state index in [0.717, 1.165) is 13.0 Å². The Morgan fingerprint density at radius 3 is 2.43 bits per heavy atom. The van der Waals surface area contributed by atoms with E-state index in [1.165, 1.54) is 12.1 Å². The fourth-order valence-electron chi connectivity index (χ4n) is 1.74. The molecule has 0 unspecified atom stereocenters. The Kier molecular flexibility index (Phi) is 6.94. The largest absolute Gasteiger partial charge is 0.493 e. The molecule has 1 N–H and O–H groups in total. The zero-order chi connectivity index (χ0) is 15.8. The number of nitro benzene ring substituents is 1. The van der Waals surface area contributed by atoms with E-state index in [-0.39, 0.29) is 11.8 Å². The summed E-state index contributed by atoms with van der Waals surface area (Å²) in [7, 11) is 0. The van der Waals surface area contributed by atoms with Crippen molar-refractivity contribution in [2.24, 2.45) is 0 Å². The Morgan fingerprint density at radius 1 is 1.19 bits per heavy atom. The van der Waals surface area contributed by atoms with Gasteiger partial charge in [-0.1, -0.05) is 13.8 Å². The molecular formula is C15H24N2O4. The van der Waals surface area contributed by atoms with Gasteiger partial charge in [-0.2, -0.15) is 0 Å². The number of hydrogen-bond donors (Lipinski definition) is 1. The van der Waals surface area contributed by atoms with E-state index in [0.29, 0.717) is 24.1 Å². The minimum absolute atomic E-state index is 0.0246. The highest BCUT2D eigenvalue weighted by atomic mass is 16.6. The fourth-order valence-corrected chi connectivity index (χ4v) is 1.74. The van der Waals surface area contributed by atoms with Crippen LogP contribution in [0.5, 0.6) is 11.5 Å². The average molecular weight is 296 g/mol. The Labute approximate surface area is 125 Å². The highest BCUT2D eigenvalue weighted by molar-refractivity contribution is 5.46. The first-order chi connectivity index (χ1) is 9.88. The van der Waals surface area contributed by atoms with Gasteiger partial charge in [0, 0.05) is 12.1 Å². The SMILES string of the molecule is CC(C)NCCCOc1cc(OC(C)C)cc([N+](=O)[O-])c1. The number of benzene rings is 1. The molecule has 0 aliphatic rings. The number of nitrogens with one attached hydrogen (secondary N) is 1. The second-order valence-corrected chi connectivity index (χ2v) is 5.40. The highest BCUT2D eigenvalue weighted by Gasteiger charge is 2.12. The summed E-state index contributed by atoms with van der Waals surface area (Å²) in [5, 5.41) is 14.2. The monoisotopic (exact) mass is 296 g/mol. The summed E-state index contributed by atoms with van der Waals surface area (Å²) >= 11 is 0. The minimum Gasteiger partial charge on any atom is -0.493 e. The van der Waals surface area contributed by atoms with E-state index in [9.17, 15) is 10.1 Å². The van der Waals surface area contributed by atoms with Crippen LogP contribution in [0.4, 0.5) is 5.69 Å². The molecule has 0 heterocycles. The van der Waals surface area contributed by atoms with Crippen LogP contribution < -0.4 is 14.8 Å². The maximum atomic E-state index is 10.9. The molecule has 0 aliphatic carbocycles. The minimum atomic E-state index is -0.444. The molecule has 0 aromatic heterocycles. The van der Waals surface area contributed by atoms with Gasteiger partial charge in [0.25, 0.3) is 5.69 Å². The van der Waals surface area contributed by atoms with Gasteiger partial charge in [0.2, 0.25) is 0 Å². The molecule has 118 valence electrons. The van der Waals surface area contributed by atoms with E-state index in [2.05, 4.69) is 19.2 Å². The first-order valence-electron chi connectivity index (χ1n) is 7.21. The number of ether oxygens (including phenoxy) is 2. The molecule has 0 aliphatic heterocycles. The quantitative estimate of drug-likeness (QED) is 0.430. The summed E-state index contributed by atoms with van der Waals surface area (Å²) in [4.78, 5) is 10.5. The summed E-state index contributed by atoms with van der Waals surface area (Å²) < 4.78 is 11.1. The van der Waals surface area contributed by atoms with Crippen LogP contribution in [0.3, 0.4) is 0 Å². The summed E-state index contributed by atoms with van der Waals surface area (Å²) in [5.74, 6) is 0.916. The standard InChI is InChI=1S/C15H24N2O4/c1-11(2)16-6-5-7-20-14-8-13(17(18)19)9-15(10-14)21-12(3)4/h8-12,16H,5-7H2,1-4H3. The second kappa shape index (κ2) is 8.46. The molecule has 1 aromatic carbocycles. The highest BCUT2D eigenvalue weighted by Crippen LogP contribution is 2.28. The second-order valence-electron chi connectivity index (χ2n) is 5.40. The van der Waals surface area contributed by atoms with Crippen LogP contribution in [-0.2, 0) is 0 Å². The molecule has 0 fully saturated rings. The number of non-ortho nitro benzene ring substituents is 1. The zero-order valence-electron chi connectivity index (χ0n) is 13.1. The maximum absolute atomic E-state index is 10.9. The van der Waals surface area contributed by atoms with E-state index in [1.807, 2.05) is 13.8 Å². The van der Waals surface area contributed by atoms with Crippen LogP contribution in [-0.4, -0.2) is 30.2 Å². The van der Waals surface area contributed by atoms with Crippen molar-refractivity contribution in [1.82, 2.24) is 5.32 Å². The molecule has 0 radical (unpaired) electrons. The van der Waals surface area contributed by atoms with E-state index in [1.54, 1.807) is 6.07 Å². The van der Waals surface area contributed by atoms with Crippen LogP contribution >= 0.6 is 0 Å². The van der Waals surface area contributed by atoms with Gasteiger partial charge in [-0.25, -0.2) is 0 Å². The van der Waals surface area contributed by atoms with Gasteiger partial charge in [-0.15, -0.1) is 0 Å². The Morgan fingerprint density at radius 2 is 1.86 bits per heavy atom. The van der Waals surface area contributed by atoms with Crippen molar-refractivity contribution < 1.29 is 14.4 Å². The van der Waals surface area contributed by atoms with E-state index < -0.39 is 4.92 Å². The normalized spacial score (nSPS) is 11.0. The van der Waals surface area contributed by atoms with Crippen molar-refractivity contribution in [1.29, 1.82) is 0 Å². The molecule has 0 bridgehead atoms. The molecule has 21 heavy (non-hydrogen) atoms. The molecule has 6 heteroatoms. The lowest BCUT2D eigenvalue weighted by Gasteiger charge is -2.12. The Balaban J connectivity index is 2.63. The van der Waals surface area contributed by atoms with Crippen LogP contribution in [0.2, 0.25) is 0 Å². The van der Waals surface area contributed by atoms with Gasteiger partial charge < -0.3 is 14.8 Å². The summed E-state index contributed by atoms with van der Waals surface area (Å²) in [6, 6.07) is 4.95. The molecule has 0 spiro atoms. The van der Waals surface area contributed by atoms with Crippen LogP contribution in [0.1, 0.15) is 34.1 Å². The fraction of sp³-hybridized carbons (Fsp3) is 0.600. The van der Waals surface area contributed by atoms with Crippen LogP contribution in [0.25, 0.3) is 0 Å². The maximum Gasteiger partial charge on any atom is 0.276 e. The molecule has 0 amide bonds. The van der Waals surface area contributed by atoms with Gasteiger partial charge in [0.15, 0.2) is 0 Å². The van der Waals surface area contributed by atoms with Gasteiger partial charge in [0.05, 0.1) is 29.8 Å². The number of rotatable bonds is 9. The van der Waals surface area contributed by atoms with Gasteiger partial charge in [0.1, 0.15) is 11.5 Å². The van der Waals surface area contributed by atoms with Gasteiger partial charge in [-0.05, 0) is 26.8 Å². The van der Waals surface area contributed by atoms with Crippen molar-refractivity contribution in [3.05, 3.63) is 28.3 Å². The summed E-state index contributed by atoms with van der Waals surface area (Å²) in [5.41, 5.74) is -0.0246. The van der Waals surface area contributed by atoms with E-state index in [4.69, 9.17) is 9.47 Å². The molecular weight excluding hydrogens is 272 g/mol. The zero-order valence-corrected chi connectivity index (χ0v) is 13.1. The van der Waals surface area contributed by atoms with Crippen molar-refractivity contribution in [3.8, 4) is 11.5 Å². The summed E-state index contributed by atoms with van der Waals surface area (Å²) in [6.45, 7) is 9.26. The third-order valence-corrected chi connectivity index (χ3v) is 2.59. The Bertz CT molecular complexity index is 461. The molecule has 0 saturated heterocycles. The lowest BCUT2D eigenvalue weighted by molar-refractivity contribution is -0.385. The smallest absolute Gasteiger partial charge is 0.276 e. The van der Waals surface area contributed by atoms with E-state index >= 15 is 0 Å². The van der Waals surface area contributed by atoms with Crippen molar-refractivity contribution in [2.75, 3.05) is 13.2 Å². The van der Waals surface area contributed by atoms with Crippen LogP contribution in [0.15, 0.2) is 18.2 Å². The first kappa shape index (κ1) is 17.2. The molecule has 1 aromatic rings. The predicted molar refractivity (Wildman–Crippen MR) is 82.1 cm³/mol. The lowest BCUT2D eigenvalue weighted by Crippen LogP contribution is -2.24. The van der Waals surface area contributed by atoms with Gasteiger partial charge >= 0.3 is 0 Å². The van der Waals surface area contributed by atoms with Crippen molar-refractivity contribution in [3.63, 3.8) is 0 Å². The van der Waals surface area contributed by atoms with Gasteiger partial charge in [-0.3, -0.25) is 10.1 Å². The molecule has 0 atom stereocenters. The number of nitrogens with zero attached hydrogens (tertiary/aromatic N) is 1. The third kappa shape index (κ3) is 6.94. The molecule has 6 nitrogen and oxygen atoms in total. The van der Waals surface area contributed by atoms with Crippen molar-refractivity contribution in [2.45, 2.75) is 46.3 Å². The first-order valence-corrected chi connectivity index (χ1v) is 7.21. The molecule has 1 rings (SSSR count). The van der Waals surface area contributed by atoms with Crippen molar-refractivity contribution >= 4 is 5.69 Å². The lowest BCUT2D eigenvalue weighted by atomic mass is 10.2. The number of nitro groups is 1. The van der Waals surface area contributed by atoms with Crippen LogP contribution in [0, 0.1) is 10.1 Å².